The largest absolute Gasteiger partial charge is 0.481 e. The number of benzene rings is 2. The molecular weight excluding hydrogens is 393 g/mol. The Kier molecular flexibility index (Phi) is 6.48. The topological polar surface area (TPSA) is 50.7 Å². The fourth-order valence-electron chi connectivity index (χ4n) is 3.25. The number of rotatable bonds is 8. The summed E-state index contributed by atoms with van der Waals surface area (Å²) >= 11 is 0. The first-order valence-corrected chi connectivity index (χ1v) is 9.91. The summed E-state index contributed by atoms with van der Waals surface area (Å²) in [6, 6.07) is 12.5. The summed E-state index contributed by atoms with van der Waals surface area (Å²) in [4.78, 5) is 16.7. The molecule has 2 unspecified atom stereocenters. The predicted octanol–water partition coefficient (Wildman–Crippen LogP) is 5.50. The van der Waals surface area contributed by atoms with Gasteiger partial charge in [-0.15, -0.1) is 0 Å². The number of carbonyl (C=O) groups excluding carboxylic acids is 1. The lowest BCUT2D eigenvalue weighted by atomic mass is 10.0. The van der Waals surface area contributed by atoms with Crippen molar-refractivity contribution >= 4 is 12.1 Å². The number of alkyl halides is 3. The molecule has 0 radical (unpaired) electrons. The number of aliphatic imine (C=N–C) groups is 1. The molecule has 1 amide bonds. The first-order valence-electron chi connectivity index (χ1n) is 9.91. The Bertz CT molecular complexity index is 904. The van der Waals surface area contributed by atoms with Gasteiger partial charge < -0.3 is 10.1 Å². The zero-order chi connectivity index (χ0) is 21.9. The van der Waals surface area contributed by atoms with Crippen LogP contribution in [0.1, 0.15) is 56.0 Å². The Morgan fingerprint density at radius 2 is 1.80 bits per heavy atom. The van der Waals surface area contributed by atoms with Gasteiger partial charge in [-0.3, -0.25) is 9.79 Å². The SMILES string of the molecule is CC(C)CC(Oc1ccc(C2C=N2)c(C(F)(F)F)c1)C(=O)N[C@H](C)c1ccccc1. The van der Waals surface area contributed by atoms with E-state index in [9.17, 15) is 18.0 Å². The van der Waals surface area contributed by atoms with E-state index in [-0.39, 0.29) is 29.2 Å². The number of halogens is 3. The van der Waals surface area contributed by atoms with Gasteiger partial charge in [-0.05, 0) is 42.5 Å². The van der Waals surface area contributed by atoms with Crippen LogP contribution >= 0.6 is 0 Å². The first kappa shape index (κ1) is 21.9. The van der Waals surface area contributed by atoms with E-state index in [4.69, 9.17) is 4.74 Å². The maximum absolute atomic E-state index is 13.5. The van der Waals surface area contributed by atoms with Crippen molar-refractivity contribution in [2.24, 2.45) is 10.9 Å². The van der Waals surface area contributed by atoms with E-state index < -0.39 is 23.9 Å². The molecule has 30 heavy (non-hydrogen) atoms. The molecule has 0 aliphatic carbocycles. The fourth-order valence-corrected chi connectivity index (χ4v) is 3.25. The van der Waals surface area contributed by atoms with Gasteiger partial charge in [0.2, 0.25) is 0 Å². The van der Waals surface area contributed by atoms with Crippen LogP contribution in [0.5, 0.6) is 5.75 Å². The van der Waals surface area contributed by atoms with Crippen molar-refractivity contribution in [2.75, 3.05) is 0 Å². The Morgan fingerprint density at radius 1 is 1.13 bits per heavy atom. The second-order valence-electron chi connectivity index (χ2n) is 7.87. The van der Waals surface area contributed by atoms with Gasteiger partial charge in [0, 0.05) is 6.21 Å². The van der Waals surface area contributed by atoms with E-state index in [0.717, 1.165) is 11.6 Å². The van der Waals surface area contributed by atoms with Crippen LogP contribution in [-0.2, 0) is 11.0 Å². The molecular formula is C23H25F3N2O2. The maximum atomic E-state index is 13.5. The van der Waals surface area contributed by atoms with E-state index in [1.807, 2.05) is 51.1 Å². The molecule has 4 nitrogen and oxygen atoms in total. The number of ether oxygens (including phenoxy) is 1. The Morgan fingerprint density at radius 3 is 2.37 bits per heavy atom. The molecule has 3 atom stereocenters. The van der Waals surface area contributed by atoms with Crippen molar-refractivity contribution in [1.82, 2.24) is 5.32 Å². The molecule has 0 aromatic heterocycles. The monoisotopic (exact) mass is 418 g/mol. The molecule has 0 spiro atoms. The molecule has 0 saturated heterocycles. The summed E-state index contributed by atoms with van der Waals surface area (Å²) in [6.07, 6.45) is -3.59. The van der Waals surface area contributed by atoms with E-state index >= 15 is 0 Å². The standard InChI is InChI=1S/C23H25F3N2O2/c1-14(2)11-21(22(29)28-15(3)16-7-5-4-6-8-16)30-17-9-10-18(20-13-27-20)19(12-17)23(24,25)26/h4-10,12-15,20-21H,11H2,1-3H3,(H,28,29)/t15-,20?,21?/m1/s1. The van der Waals surface area contributed by atoms with Crippen LogP contribution in [0.2, 0.25) is 0 Å². The van der Waals surface area contributed by atoms with Crippen molar-refractivity contribution in [2.45, 2.75) is 51.6 Å². The highest BCUT2D eigenvalue weighted by Gasteiger charge is 2.37. The van der Waals surface area contributed by atoms with Crippen LogP contribution in [0.15, 0.2) is 53.5 Å². The van der Waals surface area contributed by atoms with Crippen LogP contribution < -0.4 is 10.1 Å². The van der Waals surface area contributed by atoms with Gasteiger partial charge in [0.1, 0.15) is 11.8 Å². The zero-order valence-electron chi connectivity index (χ0n) is 17.1. The molecule has 0 saturated carbocycles. The molecule has 1 heterocycles. The maximum Gasteiger partial charge on any atom is 0.416 e. The highest BCUT2D eigenvalue weighted by atomic mass is 19.4. The predicted molar refractivity (Wildman–Crippen MR) is 110 cm³/mol. The Hall–Kier alpha value is -2.83. The molecule has 1 N–H and O–H groups in total. The van der Waals surface area contributed by atoms with Crippen LogP contribution in [0, 0.1) is 5.92 Å². The normalized spacial score (nSPS) is 17.5. The van der Waals surface area contributed by atoms with Gasteiger partial charge in [-0.2, -0.15) is 13.2 Å². The smallest absolute Gasteiger partial charge is 0.416 e. The van der Waals surface area contributed by atoms with Crippen molar-refractivity contribution in [3.8, 4) is 5.75 Å². The van der Waals surface area contributed by atoms with E-state index in [0.29, 0.717) is 6.42 Å². The highest BCUT2D eigenvalue weighted by Crippen LogP contribution is 2.40. The third-order valence-corrected chi connectivity index (χ3v) is 4.86. The lowest BCUT2D eigenvalue weighted by Crippen LogP contribution is -2.40. The number of carbonyl (C=O) groups is 1. The lowest BCUT2D eigenvalue weighted by molar-refractivity contribution is -0.138. The summed E-state index contributed by atoms with van der Waals surface area (Å²) in [7, 11) is 0. The highest BCUT2D eigenvalue weighted by molar-refractivity contribution is 5.82. The van der Waals surface area contributed by atoms with Crippen molar-refractivity contribution in [1.29, 1.82) is 0 Å². The van der Waals surface area contributed by atoms with E-state index in [2.05, 4.69) is 10.3 Å². The molecule has 3 rings (SSSR count). The number of nitrogens with one attached hydrogen (secondary N) is 1. The third-order valence-electron chi connectivity index (χ3n) is 4.86. The second kappa shape index (κ2) is 8.90. The molecule has 7 heteroatoms. The van der Waals surface area contributed by atoms with Gasteiger partial charge in [-0.25, -0.2) is 0 Å². The van der Waals surface area contributed by atoms with Gasteiger partial charge >= 0.3 is 6.18 Å². The van der Waals surface area contributed by atoms with Gasteiger partial charge in [0.05, 0.1) is 11.6 Å². The molecule has 2 aromatic rings. The molecule has 0 bridgehead atoms. The molecule has 2 aromatic carbocycles. The molecule has 160 valence electrons. The van der Waals surface area contributed by atoms with Crippen LogP contribution in [-0.4, -0.2) is 18.2 Å². The number of amides is 1. The number of hydrogen-bond acceptors (Lipinski definition) is 3. The van der Waals surface area contributed by atoms with E-state index in [1.165, 1.54) is 18.3 Å². The van der Waals surface area contributed by atoms with Crippen LogP contribution in [0.3, 0.4) is 0 Å². The minimum Gasteiger partial charge on any atom is -0.481 e. The summed E-state index contributed by atoms with van der Waals surface area (Å²) in [6.45, 7) is 5.71. The second-order valence-corrected chi connectivity index (χ2v) is 7.87. The van der Waals surface area contributed by atoms with Crippen molar-refractivity contribution in [3.05, 3.63) is 65.2 Å². The lowest BCUT2D eigenvalue weighted by Gasteiger charge is -2.24. The first-order chi connectivity index (χ1) is 14.1. The Balaban J connectivity index is 1.78. The molecule has 0 fully saturated rings. The fraction of sp³-hybridized carbons (Fsp3) is 0.391. The summed E-state index contributed by atoms with van der Waals surface area (Å²) in [5.74, 6) is -0.225. The average molecular weight is 418 g/mol. The summed E-state index contributed by atoms with van der Waals surface area (Å²) in [5, 5.41) is 2.90. The molecule has 1 aliphatic heterocycles. The van der Waals surface area contributed by atoms with E-state index in [1.54, 1.807) is 0 Å². The van der Waals surface area contributed by atoms with Crippen LogP contribution in [0.4, 0.5) is 13.2 Å². The van der Waals surface area contributed by atoms with Crippen LogP contribution in [0.25, 0.3) is 0 Å². The minimum absolute atomic E-state index is 0.0138. The van der Waals surface area contributed by atoms with Gasteiger partial charge in [0.15, 0.2) is 6.10 Å². The molecule has 1 aliphatic rings. The van der Waals surface area contributed by atoms with Gasteiger partial charge in [0.25, 0.3) is 5.91 Å². The quantitative estimate of drug-likeness (QED) is 0.615. The summed E-state index contributed by atoms with van der Waals surface area (Å²) in [5.41, 5.74) is 0.239. The van der Waals surface area contributed by atoms with Crippen molar-refractivity contribution < 1.29 is 22.7 Å². The van der Waals surface area contributed by atoms with Crippen molar-refractivity contribution in [3.63, 3.8) is 0 Å². The Labute approximate surface area is 174 Å². The average Bonchev–Trinajstić information content (AvgIpc) is 3.52. The number of hydrogen-bond donors (Lipinski definition) is 1. The number of nitrogens with zero attached hydrogens (tertiary/aromatic N) is 1. The zero-order valence-corrected chi connectivity index (χ0v) is 17.1. The van der Waals surface area contributed by atoms with Gasteiger partial charge in [-0.1, -0.05) is 50.2 Å². The third kappa shape index (κ3) is 5.62. The summed E-state index contributed by atoms with van der Waals surface area (Å²) < 4.78 is 46.2. The minimum atomic E-state index is -4.53.